The van der Waals surface area contributed by atoms with E-state index >= 15 is 0 Å². The van der Waals surface area contributed by atoms with Crippen LogP contribution in [0.1, 0.15) is 16.4 Å². The highest BCUT2D eigenvalue weighted by atomic mass is 79.9. The van der Waals surface area contributed by atoms with Crippen molar-refractivity contribution in [1.82, 2.24) is 5.32 Å². The lowest BCUT2D eigenvalue weighted by Gasteiger charge is -2.16. The zero-order valence-electron chi connectivity index (χ0n) is 14.3. The number of ketones is 1. The van der Waals surface area contributed by atoms with Crippen LogP contribution in [0.4, 0.5) is 5.69 Å². The summed E-state index contributed by atoms with van der Waals surface area (Å²) >= 11 is 8.88. The lowest BCUT2D eigenvalue weighted by Crippen LogP contribution is -2.51. The highest BCUT2D eigenvalue weighted by molar-refractivity contribution is 9.10. The van der Waals surface area contributed by atoms with Gasteiger partial charge in [-0.25, -0.2) is 0 Å². The maximum atomic E-state index is 13.1. The second-order valence-corrected chi connectivity index (χ2v) is 7.06. The zero-order chi connectivity index (χ0) is 18.4. The molecule has 2 aromatic rings. The number of anilines is 1. The molecule has 0 bridgehead atoms. The first-order valence-electron chi connectivity index (χ1n) is 7.80. The third-order valence-electron chi connectivity index (χ3n) is 3.70. The van der Waals surface area contributed by atoms with E-state index in [2.05, 4.69) is 27.8 Å². The van der Waals surface area contributed by atoms with E-state index in [0.29, 0.717) is 17.1 Å². The van der Waals surface area contributed by atoms with Gasteiger partial charge in [-0.15, -0.1) is 6.58 Å². The number of aromatic nitrogens is 1. The lowest BCUT2D eigenvalue weighted by atomic mass is 10.0. The Balaban J connectivity index is 2.38. The topological polar surface area (TPSA) is 36.2 Å². The Labute approximate surface area is 162 Å². The number of nitrogens with zero attached hydrogens (tertiary/aromatic N) is 2. The smallest absolute Gasteiger partial charge is 0.270 e. The minimum atomic E-state index is -0.604. The summed E-state index contributed by atoms with van der Waals surface area (Å²) in [5.74, 6) is -0.0586. The van der Waals surface area contributed by atoms with Gasteiger partial charge in [0.2, 0.25) is 5.78 Å². The van der Waals surface area contributed by atoms with Gasteiger partial charge in [0.1, 0.15) is 0 Å². The van der Waals surface area contributed by atoms with Crippen molar-refractivity contribution < 1.29 is 9.36 Å². The van der Waals surface area contributed by atoms with E-state index < -0.39 is 6.04 Å². The van der Waals surface area contributed by atoms with Gasteiger partial charge in [0, 0.05) is 48.5 Å². The fourth-order valence-electron chi connectivity index (χ4n) is 2.33. The Bertz CT molecular complexity index is 757. The molecule has 0 amide bonds. The monoisotopic (exact) mass is 418 g/mol. The highest BCUT2D eigenvalue weighted by Crippen LogP contribution is 2.16. The van der Waals surface area contributed by atoms with Crippen molar-refractivity contribution in [2.24, 2.45) is 0 Å². The van der Waals surface area contributed by atoms with Crippen LogP contribution in [0.15, 0.2) is 65.9 Å². The summed E-state index contributed by atoms with van der Waals surface area (Å²) in [5.41, 5.74) is 1.66. The molecule has 1 heterocycles. The highest BCUT2D eigenvalue weighted by Gasteiger charge is 2.33. The average molecular weight is 419 g/mol. The summed E-state index contributed by atoms with van der Waals surface area (Å²) in [5, 5.41) is 3.08. The maximum Gasteiger partial charge on any atom is 0.270 e. The first kappa shape index (κ1) is 19.3. The first-order chi connectivity index (χ1) is 11.9. The number of Topliss-reactive ketones (excluding diaryl/α,β-unsaturated/α-hetero) is 1. The van der Waals surface area contributed by atoms with Gasteiger partial charge in [-0.1, -0.05) is 46.4 Å². The van der Waals surface area contributed by atoms with E-state index in [0.717, 1.165) is 10.2 Å². The number of rotatable bonds is 7. The summed E-state index contributed by atoms with van der Waals surface area (Å²) in [6.07, 6.45) is 5.46. The van der Waals surface area contributed by atoms with Gasteiger partial charge in [-0.3, -0.25) is 4.79 Å². The third kappa shape index (κ3) is 4.96. The Morgan fingerprint density at radius 1 is 1.28 bits per heavy atom. The summed E-state index contributed by atoms with van der Waals surface area (Å²) < 4.78 is 2.76. The van der Waals surface area contributed by atoms with Crippen LogP contribution in [0, 0.1) is 0 Å². The van der Waals surface area contributed by atoms with Gasteiger partial charge >= 0.3 is 0 Å². The van der Waals surface area contributed by atoms with Gasteiger partial charge in [-0.2, -0.15) is 4.57 Å². The zero-order valence-corrected chi connectivity index (χ0v) is 16.7. The molecule has 1 atom stereocenters. The minimum absolute atomic E-state index is 0.0586. The lowest BCUT2D eigenvalue weighted by molar-refractivity contribution is -0.692. The molecular formula is C19H21BrN3OS+. The Hall–Kier alpha value is -2.05. The van der Waals surface area contributed by atoms with E-state index in [1.165, 1.54) is 0 Å². The molecule has 0 spiro atoms. The summed E-state index contributed by atoms with van der Waals surface area (Å²) in [7, 11) is 3.95. The van der Waals surface area contributed by atoms with Gasteiger partial charge in [0.15, 0.2) is 17.4 Å². The summed E-state index contributed by atoms with van der Waals surface area (Å²) in [4.78, 5) is 15.6. The van der Waals surface area contributed by atoms with Crippen LogP contribution >= 0.6 is 28.1 Å². The van der Waals surface area contributed by atoms with Crippen LogP contribution in [0.25, 0.3) is 0 Å². The number of pyridine rings is 1. The van der Waals surface area contributed by atoms with Crippen molar-refractivity contribution in [2.75, 3.05) is 25.5 Å². The van der Waals surface area contributed by atoms with Crippen molar-refractivity contribution >= 4 is 44.6 Å². The molecule has 1 aromatic carbocycles. The van der Waals surface area contributed by atoms with Gasteiger partial charge in [-0.05, 0) is 12.1 Å². The minimum Gasteiger partial charge on any atom is -0.377 e. The predicted molar refractivity (Wildman–Crippen MR) is 109 cm³/mol. The van der Waals surface area contributed by atoms with Crippen molar-refractivity contribution in [2.45, 2.75) is 6.04 Å². The normalized spacial score (nSPS) is 11.5. The van der Waals surface area contributed by atoms with Gasteiger partial charge < -0.3 is 10.2 Å². The molecule has 1 aromatic heterocycles. The Kier molecular flexibility index (Phi) is 6.84. The maximum absolute atomic E-state index is 13.1. The molecule has 25 heavy (non-hydrogen) atoms. The van der Waals surface area contributed by atoms with E-state index in [1.54, 1.807) is 18.2 Å². The second-order valence-electron chi connectivity index (χ2n) is 5.71. The fraction of sp³-hybridized carbons (Fsp3) is 0.211. The van der Waals surface area contributed by atoms with Crippen molar-refractivity contribution in [1.29, 1.82) is 0 Å². The van der Waals surface area contributed by atoms with Gasteiger partial charge in [0.05, 0.1) is 0 Å². The average Bonchev–Trinajstić information content (AvgIpc) is 2.61. The molecule has 0 aliphatic carbocycles. The Morgan fingerprint density at radius 3 is 2.40 bits per heavy atom. The third-order valence-corrected chi connectivity index (χ3v) is 4.59. The number of thiocarbonyl (C=S) groups is 1. The quantitative estimate of drug-likeness (QED) is 0.323. The van der Waals surface area contributed by atoms with E-state index in [9.17, 15) is 4.79 Å². The molecule has 1 N–H and O–H groups in total. The van der Waals surface area contributed by atoms with Crippen LogP contribution < -0.4 is 14.8 Å². The molecule has 6 heteroatoms. The SMILES string of the molecule is C=CCNC(=S)[C@H](C(=O)c1ccc(Br)cc1)[n+]1ccc(N(C)C)cc1. The molecule has 0 radical (unpaired) electrons. The number of carbonyl (C=O) groups is 1. The molecule has 0 fully saturated rings. The molecule has 130 valence electrons. The second kappa shape index (κ2) is 8.87. The number of hydrogen-bond acceptors (Lipinski definition) is 3. The largest absolute Gasteiger partial charge is 0.377 e. The standard InChI is InChI=1S/C19H20BrN3OS/c1-4-11-21-19(25)17(18(24)14-5-7-15(20)8-6-14)23-12-9-16(10-13-23)22(2)3/h4-10,12-13,17H,1,11H2,2-3H3/p+1/t17-/m0/s1. The number of benzene rings is 1. The molecule has 0 unspecified atom stereocenters. The van der Waals surface area contributed by atoms with E-state index in [-0.39, 0.29) is 5.78 Å². The van der Waals surface area contributed by atoms with Crippen molar-refractivity contribution in [3.8, 4) is 0 Å². The van der Waals surface area contributed by atoms with Crippen LogP contribution in [0.5, 0.6) is 0 Å². The van der Waals surface area contributed by atoms with E-state index in [4.69, 9.17) is 12.2 Å². The van der Waals surface area contributed by atoms with E-state index in [1.807, 2.05) is 60.2 Å². The van der Waals surface area contributed by atoms with Crippen molar-refractivity contribution in [3.05, 3.63) is 71.5 Å². The van der Waals surface area contributed by atoms with Crippen LogP contribution in [-0.4, -0.2) is 31.4 Å². The number of carbonyl (C=O) groups excluding carboxylic acids is 1. The fourth-order valence-corrected chi connectivity index (χ4v) is 2.91. The molecule has 4 nitrogen and oxygen atoms in total. The number of nitrogens with one attached hydrogen (secondary N) is 1. The van der Waals surface area contributed by atoms with Crippen LogP contribution in [0.3, 0.4) is 0 Å². The summed E-state index contributed by atoms with van der Waals surface area (Å²) in [6.45, 7) is 4.20. The van der Waals surface area contributed by atoms with Crippen LogP contribution in [0.2, 0.25) is 0 Å². The molecule has 0 saturated carbocycles. The van der Waals surface area contributed by atoms with Crippen LogP contribution in [-0.2, 0) is 0 Å². The first-order valence-corrected chi connectivity index (χ1v) is 9.00. The molecular weight excluding hydrogens is 398 g/mol. The number of halogens is 1. The van der Waals surface area contributed by atoms with Gasteiger partial charge in [0.25, 0.3) is 6.04 Å². The molecule has 0 aliphatic rings. The molecule has 0 aliphatic heterocycles. The Morgan fingerprint density at radius 2 is 1.88 bits per heavy atom. The summed E-state index contributed by atoms with van der Waals surface area (Å²) in [6, 6.07) is 10.6. The molecule has 0 saturated heterocycles. The van der Waals surface area contributed by atoms with Crippen molar-refractivity contribution in [3.63, 3.8) is 0 Å². The predicted octanol–water partition coefficient (Wildman–Crippen LogP) is 3.33. The molecule has 2 rings (SSSR count). The number of hydrogen-bond donors (Lipinski definition) is 1.